The van der Waals surface area contributed by atoms with Gasteiger partial charge in [-0.2, -0.15) is 0 Å². The summed E-state index contributed by atoms with van der Waals surface area (Å²) in [6, 6.07) is 7.96. The topological polar surface area (TPSA) is 46.3 Å². The normalized spacial score (nSPS) is 14.3. The van der Waals surface area contributed by atoms with Crippen LogP contribution in [0.25, 0.3) is 0 Å². The minimum absolute atomic E-state index is 0.218. The Bertz CT molecular complexity index is 398. The van der Waals surface area contributed by atoms with Gasteiger partial charge in [-0.25, -0.2) is 0 Å². The minimum atomic E-state index is -0.331. The molecule has 0 radical (unpaired) electrons. The van der Waals surface area contributed by atoms with Crippen molar-refractivity contribution >= 4 is 11.6 Å². The quantitative estimate of drug-likeness (QED) is 0.754. The van der Waals surface area contributed by atoms with Gasteiger partial charge in [-0.05, 0) is 11.6 Å². The van der Waals surface area contributed by atoms with Crippen LogP contribution in [0, 0.1) is 0 Å². The van der Waals surface area contributed by atoms with E-state index in [4.69, 9.17) is 5.73 Å². The Morgan fingerprint density at radius 1 is 1.50 bits per heavy atom. The monoisotopic (exact) mass is 188 g/mol. The van der Waals surface area contributed by atoms with Gasteiger partial charge in [-0.3, -0.25) is 4.79 Å². The zero-order valence-corrected chi connectivity index (χ0v) is 7.86. The highest BCUT2D eigenvalue weighted by Crippen LogP contribution is 2.32. The number of primary amides is 1. The number of nitrogens with two attached hydrogens (primary N) is 1. The first-order valence-corrected chi connectivity index (χ1v) is 4.50. The summed E-state index contributed by atoms with van der Waals surface area (Å²) in [5, 5.41) is 0. The van der Waals surface area contributed by atoms with Crippen molar-refractivity contribution in [3.63, 3.8) is 0 Å². The number of carbonyl (C=O) groups is 1. The Labute approximate surface area is 82.8 Å². The maximum absolute atomic E-state index is 10.9. The molecule has 2 rings (SSSR count). The van der Waals surface area contributed by atoms with Crippen molar-refractivity contribution in [3.05, 3.63) is 42.1 Å². The summed E-state index contributed by atoms with van der Waals surface area (Å²) in [6.45, 7) is 4.14. The third-order valence-corrected chi connectivity index (χ3v) is 2.37. The molecule has 0 bridgehead atoms. The molecule has 14 heavy (non-hydrogen) atoms. The van der Waals surface area contributed by atoms with Gasteiger partial charge < -0.3 is 10.6 Å². The molecule has 0 saturated heterocycles. The lowest BCUT2D eigenvalue weighted by molar-refractivity contribution is -0.116. The van der Waals surface area contributed by atoms with E-state index in [0.717, 1.165) is 17.8 Å². The highest BCUT2D eigenvalue weighted by molar-refractivity contribution is 5.82. The van der Waals surface area contributed by atoms with E-state index < -0.39 is 0 Å². The van der Waals surface area contributed by atoms with Crippen LogP contribution in [-0.4, -0.2) is 12.5 Å². The van der Waals surface area contributed by atoms with Gasteiger partial charge in [0.1, 0.15) is 6.54 Å². The highest BCUT2D eigenvalue weighted by Gasteiger charge is 2.22. The van der Waals surface area contributed by atoms with Gasteiger partial charge >= 0.3 is 0 Å². The van der Waals surface area contributed by atoms with E-state index in [1.165, 1.54) is 5.56 Å². The summed E-state index contributed by atoms with van der Waals surface area (Å²) in [7, 11) is 0. The molecular formula is C11H12N2O. The zero-order valence-electron chi connectivity index (χ0n) is 7.86. The molecule has 0 saturated carbocycles. The van der Waals surface area contributed by atoms with Gasteiger partial charge in [0.25, 0.3) is 0 Å². The smallest absolute Gasteiger partial charge is 0.237 e. The summed E-state index contributed by atoms with van der Waals surface area (Å²) in [6.07, 6.45) is 0.809. The van der Waals surface area contributed by atoms with E-state index in [0.29, 0.717) is 0 Å². The molecule has 0 atom stereocenters. The third kappa shape index (κ3) is 1.37. The number of hydrogen-bond acceptors (Lipinski definition) is 2. The number of para-hydroxylation sites is 1. The van der Waals surface area contributed by atoms with Crippen LogP contribution in [0.2, 0.25) is 0 Å². The number of anilines is 1. The second-order valence-electron chi connectivity index (χ2n) is 3.42. The van der Waals surface area contributed by atoms with Crippen LogP contribution in [0.15, 0.2) is 36.5 Å². The Balaban J connectivity index is 2.34. The number of nitrogens with zero attached hydrogens (tertiary/aromatic N) is 1. The third-order valence-electron chi connectivity index (χ3n) is 2.37. The van der Waals surface area contributed by atoms with E-state index in [-0.39, 0.29) is 12.5 Å². The van der Waals surface area contributed by atoms with Crippen LogP contribution in [0.4, 0.5) is 5.69 Å². The summed E-state index contributed by atoms with van der Waals surface area (Å²) in [5.41, 5.74) is 8.36. The number of rotatable bonds is 2. The Morgan fingerprint density at radius 3 is 2.93 bits per heavy atom. The Kier molecular flexibility index (Phi) is 2.00. The maximum Gasteiger partial charge on any atom is 0.237 e. The molecule has 0 spiro atoms. The second-order valence-corrected chi connectivity index (χ2v) is 3.42. The van der Waals surface area contributed by atoms with Gasteiger partial charge in [0.05, 0.1) is 0 Å². The van der Waals surface area contributed by atoms with Crippen LogP contribution in [0.3, 0.4) is 0 Å². The molecule has 1 heterocycles. The highest BCUT2D eigenvalue weighted by atomic mass is 16.1. The number of hydrogen-bond donors (Lipinski definition) is 1. The number of allylic oxidation sites excluding steroid dienone is 1. The van der Waals surface area contributed by atoms with Gasteiger partial charge in [0.15, 0.2) is 0 Å². The van der Waals surface area contributed by atoms with E-state index in [2.05, 4.69) is 6.58 Å². The minimum Gasteiger partial charge on any atom is -0.368 e. The van der Waals surface area contributed by atoms with E-state index in [1.807, 2.05) is 29.2 Å². The lowest BCUT2D eigenvalue weighted by Crippen LogP contribution is -2.30. The summed E-state index contributed by atoms with van der Waals surface area (Å²) in [4.78, 5) is 12.7. The Hall–Kier alpha value is -1.77. The molecular weight excluding hydrogens is 176 g/mol. The molecule has 72 valence electrons. The van der Waals surface area contributed by atoms with Crippen molar-refractivity contribution < 1.29 is 4.79 Å². The molecule has 3 heteroatoms. The summed E-state index contributed by atoms with van der Waals surface area (Å²) >= 11 is 0. The number of amides is 1. The largest absolute Gasteiger partial charge is 0.368 e. The molecule has 0 aliphatic carbocycles. The second kappa shape index (κ2) is 3.18. The molecule has 3 nitrogen and oxygen atoms in total. The number of fused-ring (bicyclic) bond motifs is 1. The lowest BCUT2D eigenvalue weighted by Gasteiger charge is -2.18. The molecule has 2 N–H and O–H groups in total. The summed E-state index contributed by atoms with van der Waals surface area (Å²) in [5.74, 6) is -0.331. The van der Waals surface area contributed by atoms with Crippen LogP contribution in [0.5, 0.6) is 0 Å². The average Bonchev–Trinajstić information content (AvgIpc) is 2.43. The predicted octanol–water partition coefficient (Wildman–Crippen LogP) is 1.05. The van der Waals surface area contributed by atoms with Crippen LogP contribution >= 0.6 is 0 Å². The predicted molar refractivity (Wildman–Crippen MR) is 55.8 cm³/mol. The zero-order chi connectivity index (χ0) is 10.1. The standard InChI is InChI=1S/C11H12N2O/c1-8-6-9-4-2-3-5-10(9)13(8)7-11(12)14/h2-5H,1,6-7H2,(H2,12,14). The van der Waals surface area contributed by atoms with Crippen molar-refractivity contribution in [2.45, 2.75) is 6.42 Å². The SMILES string of the molecule is C=C1Cc2ccccc2N1CC(N)=O. The molecule has 1 amide bonds. The first-order chi connectivity index (χ1) is 6.68. The first-order valence-electron chi connectivity index (χ1n) is 4.50. The Morgan fingerprint density at radius 2 is 2.21 bits per heavy atom. The molecule has 1 aromatic carbocycles. The van der Waals surface area contributed by atoms with Gasteiger partial charge in [-0.15, -0.1) is 0 Å². The van der Waals surface area contributed by atoms with E-state index >= 15 is 0 Å². The van der Waals surface area contributed by atoms with Gasteiger partial charge in [0, 0.05) is 17.8 Å². The molecule has 0 aromatic heterocycles. The molecule has 0 unspecified atom stereocenters. The van der Waals surface area contributed by atoms with Crippen molar-refractivity contribution in [1.82, 2.24) is 0 Å². The van der Waals surface area contributed by atoms with Crippen molar-refractivity contribution in [1.29, 1.82) is 0 Å². The fourth-order valence-electron chi connectivity index (χ4n) is 1.76. The van der Waals surface area contributed by atoms with Crippen molar-refractivity contribution in [2.75, 3.05) is 11.4 Å². The van der Waals surface area contributed by atoms with Crippen LogP contribution < -0.4 is 10.6 Å². The van der Waals surface area contributed by atoms with Crippen LogP contribution in [-0.2, 0) is 11.2 Å². The molecule has 1 aliphatic heterocycles. The van der Waals surface area contributed by atoms with Crippen molar-refractivity contribution in [3.8, 4) is 0 Å². The fourth-order valence-corrected chi connectivity index (χ4v) is 1.76. The average molecular weight is 188 g/mol. The van der Waals surface area contributed by atoms with Gasteiger partial charge in [0.2, 0.25) is 5.91 Å². The van der Waals surface area contributed by atoms with E-state index in [1.54, 1.807) is 0 Å². The first kappa shape index (κ1) is 8.81. The number of benzene rings is 1. The lowest BCUT2D eigenvalue weighted by atomic mass is 10.1. The van der Waals surface area contributed by atoms with E-state index in [9.17, 15) is 4.79 Å². The van der Waals surface area contributed by atoms with Gasteiger partial charge in [-0.1, -0.05) is 24.8 Å². The maximum atomic E-state index is 10.9. The summed E-state index contributed by atoms with van der Waals surface area (Å²) < 4.78 is 0. The fraction of sp³-hybridized carbons (Fsp3) is 0.182. The molecule has 1 aliphatic rings. The number of carbonyl (C=O) groups excluding carboxylic acids is 1. The van der Waals surface area contributed by atoms with Crippen LogP contribution in [0.1, 0.15) is 5.56 Å². The molecule has 1 aromatic rings. The molecule has 0 fully saturated rings. The van der Waals surface area contributed by atoms with Crippen molar-refractivity contribution in [2.24, 2.45) is 5.73 Å².